The van der Waals surface area contributed by atoms with Gasteiger partial charge in [-0.15, -0.1) is 0 Å². The molecule has 0 aliphatic rings. The second-order valence-electron chi connectivity index (χ2n) is 17.4. The molecule has 0 aromatic rings. The third-order valence-electron chi connectivity index (χ3n) is 11.4. The van der Waals surface area contributed by atoms with Crippen LogP contribution in [0.25, 0.3) is 0 Å². The van der Waals surface area contributed by atoms with E-state index < -0.39 is 6.10 Å². The van der Waals surface area contributed by atoms with Gasteiger partial charge in [0, 0.05) is 19.3 Å². The molecule has 0 aromatic carbocycles. The number of allylic oxidation sites excluding steroid dienone is 6. The topological polar surface area (TPSA) is 78.9 Å². The summed E-state index contributed by atoms with van der Waals surface area (Å²) in [7, 11) is 0. The Hall–Kier alpha value is -2.37. The zero-order valence-corrected chi connectivity index (χ0v) is 40.0. The second-order valence-corrected chi connectivity index (χ2v) is 17.4. The highest BCUT2D eigenvalue weighted by Crippen LogP contribution is 2.16. The van der Waals surface area contributed by atoms with Gasteiger partial charge in [0.1, 0.15) is 13.2 Å². The number of esters is 3. The van der Waals surface area contributed by atoms with Gasteiger partial charge >= 0.3 is 17.9 Å². The van der Waals surface area contributed by atoms with Crippen molar-refractivity contribution in [2.24, 2.45) is 0 Å². The van der Waals surface area contributed by atoms with E-state index in [0.29, 0.717) is 19.3 Å². The molecule has 0 rings (SSSR count). The Bertz CT molecular complexity index is 1020. The van der Waals surface area contributed by atoms with Crippen LogP contribution < -0.4 is 0 Å². The molecular formula is C54H98O6. The first-order chi connectivity index (χ1) is 29.5. The van der Waals surface area contributed by atoms with Crippen molar-refractivity contribution in [1.82, 2.24) is 0 Å². The van der Waals surface area contributed by atoms with Crippen molar-refractivity contribution in [1.29, 1.82) is 0 Å². The third-order valence-corrected chi connectivity index (χ3v) is 11.4. The lowest BCUT2D eigenvalue weighted by Crippen LogP contribution is -2.30. The van der Waals surface area contributed by atoms with E-state index in [1.807, 2.05) is 0 Å². The van der Waals surface area contributed by atoms with Crippen LogP contribution in [-0.4, -0.2) is 37.2 Å². The van der Waals surface area contributed by atoms with Crippen molar-refractivity contribution in [2.75, 3.05) is 13.2 Å². The van der Waals surface area contributed by atoms with Crippen molar-refractivity contribution in [3.8, 4) is 0 Å². The Morgan fingerprint density at radius 2 is 0.650 bits per heavy atom. The summed E-state index contributed by atoms with van der Waals surface area (Å²) in [5, 5.41) is 0. The molecular weight excluding hydrogens is 745 g/mol. The van der Waals surface area contributed by atoms with Crippen molar-refractivity contribution >= 4 is 17.9 Å². The molecule has 0 radical (unpaired) electrons. The monoisotopic (exact) mass is 843 g/mol. The van der Waals surface area contributed by atoms with Crippen LogP contribution in [0.3, 0.4) is 0 Å². The Labute approximate surface area is 372 Å². The maximum atomic E-state index is 12.8. The molecule has 60 heavy (non-hydrogen) atoms. The highest BCUT2D eigenvalue weighted by molar-refractivity contribution is 5.71. The van der Waals surface area contributed by atoms with E-state index in [2.05, 4.69) is 57.2 Å². The van der Waals surface area contributed by atoms with Crippen LogP contribution in [0.15, 0.2) is 36.5 Å². The molecule has 0 bridgehead atoms. The molecule has 0 saturated heterocycles. The summed E-state index contributed by atoms with van der Waals surface area (Å²) in [4.78, 5) is 37.9. The Morgan fingerprint density at radius 3 is 1.05 bits per heavy atom. The lowest BCUT2D eigenvalue weighted by molar-refractivity contribution is -0.167. The zero-order valence-electron chi connectivity index (χ0n) is 40.0. The molecule has 0 aliphatic carbocycles. The van der Waals surface area contributed by atoms with Crippen LogP contribution in [0, 0.1) is 0 Å². The number of hydrogen-bond acceptors (Lipinski definition) is 6. The van der Waals surface area contributed by atoms with Crippen LogP contribution in [0.5, 0.6) is 0 Å². The molecule has 0 heterocycles. The quantitative estimate of drug-likeness (QED) is 0.0263. The molecule has 0 N–H and O–H groups in total. The normalized spacial score (nSPS) is 12.2. The Morgan fingerprint density at radius 1 is 0.350 bits per heavy atom. The van der Waals surface area contributed by atoms with Crippen LogP contribution >= 0.6 is 0 Å². The molecule has 350 valence electrons. The van der Waals surface area contributed by atoms with Gasteiger partial charge in [0.25, 0.3) is 0 Å². The Balaban J connectivity index is 4.35. The van der Waals surface area contributed by atoms with E-state index in [9.17, 15) is 14.4 Å². The number of ether oxygens (including phenoxy) is 3. The molecule has 1 unspecified atom stereocenters. The molecule has 0 amide bonds. The lowest BCUT2D eigenvalue weighted by Gasteiger charge is -2.18. The van der Waals surface area contributed by atoms with Gasteiger partial charge in [-0.3, -0.25) is 14.4 Å². The fourth-order valence-electron chi connectivity index (χ4n) is 7.48. The van der Waals surface area contributed by atoms with Crippen molar-refractivity contribution in [2.45, 2.75) is 277 Å². The predicted octanol–water partition coefficient (Wildman–Crippen LogP) is 16.9. The number of unbranched alkanes of at least 4 members (excludes halogenated alkanes) is 30. The summed E-state index contributed by atoms with van der Waals surface area (Å²) in [6.07, 6.45) is 57.0. The summed E-state index contributed by atoms with van der Waals surface area (Å²) in [5.74, 6) is -0.883. The average molecular weight is 843 g/mol. The van der Waals surface area contributed by atoms with Gasteiger partial charge in [0.15, 0.2) is 6.10 Å². The fraction of sp³-hybridized carbons (Fsp3) is 0.833. The minimum atomic E-state index is -0.775. The van der Waals surface area contributed by atoms with Crippen molar-refractivity contribution in [3.05, 3.63) is 36.5 Å². The summed E-state index contributed by atoms with van der Waals surface area (Å²) in [5.41, 5.74) is 0. The van der Waals surface area contributed by atoms with Gasteiger partial charge in [0.2, 0.25) is 0 Å². The largest absolute Gasteiger partial charge is 0.462 e. The summed E-state index contributed by atoms with van der Waals surface area (Å²) in [6, 6.07) is 0. The highest BCUT2D eigenvalue weighted by Gasteiger charge is 2.19. The summed E-state index contributed by atoms with van der Waals surface area (Å²) >= 11 is 0. The van der Waals surface area contributed by atoms with E-state index >= 15 is 0 Å². The van der Waals surface area contributed by atoms with Crippen molar-refractivity contribution in [3.63, 3.8) is 0 Å². The Kier molecular flexibility index (Phi) is 47.3. The van der Waals surface area contributed by atoms with E-state index in [4.69, 9.17) is 14.2 Å². The number of hydrogen-bond donors (Lipinski definition) is 0. The highest BCUT2D eigenvalue weighted by atomic mass is 16.6. The molecule has 0 aromatic heterocycles. The van der Waals surface area contributed by atoms with Crippen LogP contribution in [0.4, 0.5) is 0 Å². The maximum Gasteiger partial charge on any atom is 0.306 e. The van der Waals surface area contributed by atoms with Crippen LogP contribution in [-0.2, 0) is 28.6 Å². The zero-order chi connectivity index (χ0) is 43.7. The third kappa shape index (κ3) is 46.7. The van der Waals surface area contributed by atoms with Crippen molar-refractivity contribution < 1.29 is 28.6 Å². The molecule has 0 spiro atoms. The van der Waals surface area contributed by atoms with Gasteiger partial charge in [0.05, 0.1) is 0 Å². The number of rotatable bonds is 47. The first-order valence-electron chi connectivity index (χ1n) is 26.0. The minimum Gasteiger partial charge on any atom is -0.462 e. The molecule has 0 saturated carbocycles. The minimum absolute atomic E-state index is 0.0750. The molecule has 0 fully saturated rings. The number of carbonyl (C=O) groups is 3. The van der Waals surface area contributed by atoms with Gasteiger partial charge in [-0.1, -0.05) is 218 Å². The van der Waals surface area contributed by atoms with E-state index in [1.54, 1.807) is 0 Å². The standard InChI is InChI=1S/C54H98O6/c1-4-7-10-13-16-19-22-25-27-28-30-32-35-38-41-44-47-53(56)59-50-51(49-58-52(55)46-43-40-37-34-31-24-21-18-15-12-9-6-3)60-54(57)48-45-42-39-36-33-29-26-23-20-17-14-11-8-5-2/h8,11,17-18,20-21,51H,4-7,9-10,12-16,19,22-50H2,1-3H3/b11-8-,20-17-,21-18-. The van der Waals surface area contributed by atoms with Gasteiger partial charge in [-0.25, -0.2) is 0 Å². The predicted molar refractivity (Wildman–Crippen MR) is 256 cm³/mol. The molecule has 1 atom stereocenters. The van der Waals surface area contributed by atoms with Gasteiger partial charge < -0.3 is 14.2 Å². The first-order valence-corrected chi connectivity index (χ1v) is 26.0. The van der Waals surface area contributed by atoms with E-state index in [-0.39, 0.29) is 31.1 Å². The second kappa shape index (κ2) is 49.3. The molecule has 6 heteroatoms. The molecule has 0 aliphatic heterocycles. The molecule has 6 nitrogen and oxygen atoms in total. The average Bonchev–Trinajstić information content (AvgIpc) is 3.24. The fourth-order valence-corrected chi connectivity index (χ4v) is 7.48. The number of carbonyl (C=O) groups excluding carboxylic acids is 3. The first kappa shape index (κ1) is 57.6. The van der Waals surface area contributed by atoms with E-state index in [1.165, 1.54) is 148 Å². The van der Waals surface area contributed by atoms with Crippen LogP contribution in [0.2, 0.25) is 0 Å². The summed E-state index contributed by atoms with van der Waals surface area (Å²) in [6.45, 7) is 6.52. The van der Waals surface area contributed by atoms with Gasteiger partial charge in [-0.2, -0.15) is 0 Å². The maximum absolute atomic E-state index is 12.8. The van der Waals surface area contributed by atoms with E-state index in [0.717, 1.165) is 83.5 Å². The SMILES string of the molecule is CC/C=C\C/C=C\CCCCCCCCCC(=O)OC(COC(=O)CCCCCCC/C=C\CCCCC)COC(=O)CCCCCCCCCCCCCCCCCC. The van der Waals surface area contributed by atoms with Crippen LogP contribution in [0.1, 0.15) is 271 Å². The summed E-state index contributed by atoms with van der Waals surface area (Å²) < 4.78 is 16.8. The smallest absolute Gasteiger partial charge is 0.306 e. The lowest BCUT2D eigenvalue weighted by atomic mass is 10.0. The van der Waals surface area contributed by atoms with Gasteiger partial charge in [-0.05, 0) is 70.6 Å².